The number of methoxy groups -OCH3 is 1. The van der Waals surface area contributed by atoms with Crippen LogP contribution < -0.4 is 11.1 Å². The number of rotatable bonds is 3. The maximum atomic E-state index is 12.1. The maximum Gasteiger partial charge on any atom is 0.227 e. The molecule has 4 nitrogen and oxygen atoms in total. The van der Waals surface area contributed by atoms with Crippen molar-refractivity contribution in [1.82, 2.24) is 5.32 Å². The lowest BCUT2D eigenvalue weighted by Crippen LogP contribution is -2.54. The molecule has 2 atom stereocenters. The summed E-state index contributed by atoms with van der Waals surface area (Å²) in [5.74, 6) is 0.136. The van der Waals surface area contributed by atoms with Crippen molar-refractivity contribution in [3.63, 3.8) is 0 Å². The second kappa shape index (κ2) is 4.34. The Bertz CT molecular complexity index is 276. The first-order valence-electron chi connectivity index (χ1n) is 6.15. The average Bonchev–Trinajstić information content (AvgIpc) is 2.53. The van der Waals surface area contributed by atoms with Crippen LogP contribution in [0.3, 0.4) is 0 Å². The van der Waals surface area contributed by atoms with E-state index in [1.165, 1.54) is 0 Å². The molecule has 2 aliphatic carbocycles. The number of ether oxygens (including phenoxy) is 1. The molecule has 2 saturated carbocycles. The first-order chi connectivity index (χ1) is 7.56. The molecule has 0 aromatic rings. The summed E-state index contributed by atoms with van der Waals surface area (Å²) >= 11 is 0. The van der Waals surface area contributed by atoms with Crippen LogP contribution in [0.2, 0.25) is 0 Å². The summed E-state index contributed by atoms with van der Waals surface area (Å²) < 4.78 is 5.19. The van der Waals surface area contributed by atoms with E-state index in [-0.39, 0.29) is 17.4 Å². The Hall–Kier alpha value is -0.610. The Kier molecular flexibility index (Phi) is 3.22. The zero-order valence-electron chi connectivity index (χ0n) is 10.2. The molecule has 4 heteroatoms. The number of nitrogens with one attached hydrogen (secondary N) is 1. The highest BCUT2D eigenvalue weighted by atomic mass is 16.5. The predicted molar refractivity (Wildman–Crippen MR) is 61.9 cm³/mol. The van der Waals surface area contributed by atoms with Crippen LogP contribution in [0, 0.1) is 5.41 Å². The van der Waals surface area contributed by atoms with Gasteiger partial charge in [-0.05, 0) is 32.6 Å². The van der Waals surface area contributed by atoms with Crippen molar-refractivity contribution >= 4 is 5.91 Å². The van der Waals surface area contributed by atoms with Gasteiger partial charge in [0.15, 0.2) is 0 Å². The van der Waals surface area contributed by atoms with Gasteiger partial charge in [0.2, 0.25) is 5.91 Å². The minimum Gasteiger partial charge on any atom is -0.381 e. The van der Waals surface area contributed by atoms with Crippen molar-refractivity contribution in [1.29, 1.82) is 0 Å². The molecule has 0 aromatic heterocycles. The predicted octanol–water partition coefficient (Wildman–Crippen LogP) is 0.797. The first-order valence-corrected chi connectivity index (χ1v) is 6.15. The fourth-order valence-electron chi connectivity index (χ4n) is 2.70. The maximum absolute atomic E-state index is 12.1. The number of nitrogens with two attached hydrogens (primary N) is 1. The molecule has 2 unspecified atom stereocenters. The Labute approximate surface area is 96.9 Å². The highest BCUT2D eigenvalue weighted by Crippen LogP contribution is 2.37. The molecule has 0 heterocycles. The zero-order valence-corrected chi connectivity index (χ0v) is 10.2. The van der Waals surface area contributed by atoms with Gasteiger partial charge in [0.1, 0.15) is 0 Å². The molecule has 0 bridgehead atoms. The lowest BCUT2D eigenvalue weighted by atomic mass is 9.82. The van der Waals surface area contributed by atoms with Crippen molar-refractivity contribution in [2.75, 3.05) is 7.11 Å². The molecule has 0 aliphatic heterocycles. The van der Waals surface area contributed by atoms with E-state index in [1.807, 2.05) is 6.92 Å². The minimum absolute atomic E-state index is 0.0193. The SMILES string of the molecule is COC1CC(NC(=O)C2(C)CCCC2N)C1. The van der Waals surface area contributed by atoms with Gasteiger partial charge in [0.05, 0.1) is 11.5 Å². The fraction of sp³-hybridized carbons (Fsp3) is 0.917. The third-order valence-corrected chi connectivity index (χ3v) is 4.31. The van der Waals surface area contributed by atoms with E-state index in [9.17, 15) is 4.79 Å². The highest BCUT2D eigenvalue weighted by Gasteiger charge is 2.44. The summed E-state index contributed by atoms with van der Waals surface area (Å²) in [4.78, 5) is 12.1. The van der Waals surface area contributed by atoms with E-state index in [4.69, 9.17) is 10.5 Å². The van der Waals surface area contributed by atoms with E-state index in [0.717, 1.165) is 32.1 Å². The average molecular weight is 226 g/mol. The monoisotopic (exact) mass is 226 g/mol. The highest BCUT2D eigenvalue weighted by molar-refractivity contribution is 5.83. The van der Waals surface area contributed by atoms with Crippen molar-refractivity contribution < 1.29 is 9.53 Å². The molecule has 16 heavy (non-hydrogen) atoms. The summed E-state index contributed by atoms with van der Waals surface area (Å²) in [6.45, 7) is 1.99. The number of hydrogen-bond donors (Lipinski definition) is 2. The number of carbonyl (C=O) groups is 1. The molecule has 2 aliphatic rings. The largest absolute Gasteiger partial charge is 0.381 e. The van der Waals surface area contributed by atoms with Crippen LogP contribution in [0.1, 0.15) is 39.0 Å². The van der Waals surface area contributed by atoms with Crippen molar-refractivity contribution in [3.05, 3.63) is 0 Å². The topological polar surface area (TPSA) is 64.3 Å². The smallest absolute Gasteiger partial charge is 0.227 e. The number of hydrogen-bond acceptors (Lipinski definition) is 3. The summed E-state index contributed by atoms with van der Waals surface area (Å²) in [6, 6.07) is 0.313. The van der Waals surface area contributed by atoms with Gasteiger partial charge in [-0.2, -0.15) is 0 Å². The van der Waals surface area contributed by atoms with Crippen LogP contribution in [0.15, 0.2) is 0 Å². The molecule has 2 rings (SSSR count). The van der Waals surface area contributed by atoms with E-state index >= 15 is 0 Å². The molecule has 0 radical (unpaired) electrons. The zero-order chi connectivity index (χ0) is 11.8. The third kappa shape index (κ3) is 1.96. The summed E-state index contributed by atoms with van der Waals surface area (Å²) in [5.41, 5.74) is 5.67. The summed E-state index contributed by atoms with van der Waals surface area (Å²) in [5, 5.41) is 3.09. The minimum atomic E-state index is -0.349. The lowest BCUT2D eigenvalue weighted by molar-refractivity contribution is -0.133. The van der Waals surface area contributed by atoms with E-state index < -0.39 is 0 Å². The molecule has 0 spiro atoms. The fourth-order valence-corrected chi connectivity index (χ4v) is 2.70. The lowest BCUT2D eigenvalue weighted by Gasteiger charge is -2.37. The molecule has 92 valence electrons. The first kappa shape index (κ1) is 11.9. The van der Waals surface area contributed by atoms with E-state index in [0.29, 0.717) is 12.1 Å². The van der Waals surface area contributed by atoms with Crippen molar-refractivity contribution in [2.24, 2.45) is 11.1 Å². The van der Waals surface area contributed by atoms with Crippen molar-refractivity contribution in [3.8, 4) is 0 Å². The van der Waals surface area contributed by atoms with Gasteiger partial charge in [0.25, 0.3) is 0 Å². The molecular formula is C12H22N2O2. The van der Waals surface area contributed by atoms with Gasteiger partial charge in [-0.1, -0.05) is 6.42 Å². The van der Waals surface area contributed by atoms with Gasteiger partial charge in [-0.15, -0.1) is 0 Å². The van der Waals surface area contributed by atoms with Crippen LogP contribution in [-0.4, -0.2) is 31.2 Å². The number of amides is 1. The normalized spacial score (nSPS) is 42.8. The Morgan fingerprint density at radius 1 is 1.50 bits per heavy atom. The van der Waals surface area contributed by atoms with Gasteiger partial charge in [-0.3, -0.25) is 4.79 Å². The molecule has 3 N–H and O–H groups in total. The Balaban J connectivity index is 1.84. The van der Waals surface area contributed by atoms with Crippen LogP contribution >= 0.6 is 0 Å². The number of carbonyl (C=O) groups excluding carboxylic acids is 1. The quantitative estimate of drug-likeness (QED) is 0.748. The molecule has 2 fully saturated rings. The Morgan fingerprint density at radius 2 is 2.19 bits per heavy atom. The molecule has 0 saturated heterocycles. The van der Waals surface area contributed by atoms with Crippen LogP contribution in [0.5, 0.6) is 0 Å². The van der Waals surface area contributed by atoms with Gasteiger partial charge in [0, 0.05) is 19.2 Å². The summed E-state index contributed by atoms with van der Waals surface area (Å²) in [7, 11) is 1.72. The third-order valence-electron chi connectivity index (χ3n) is 4.31. The van der Waals surface area contributed by atoms with Gasteiger partial charge < -0.3 is 15.8 Å². The second-order valence-corrected chi connectivity index (χ2v) is 5.42. The van der Waals surface area contributed by atoms with E-state index in [1.54, 1.807) is 7.11 Å². The van der Waals surface area contributed by atoms with Crippen LogP contribution in [0.4, 0.5) is 0 Å². The van der Waals surface area contributed by atoms with Crippen LogP contribution in [0.25, 0.3) is 0 Å². The van der Waals surface area contributed by atoms with Gasteiger partial charge in [-0.25, -0.2) is 0 Å². The second-order valence-electron chi connectivity index (χ2n) is 5.42. The van der Waals surface area contributed by atoms with Crippen molar-refractivity contribution in [2.45, 2.75) is 57.2 Å². The van der Waals surface area contributed by atoms with E-state index in [2.05, 4.69) is 5.32 Å². The van der Waals surface area contributed by atoms with Gasteiger partial charge >= 0.3 is 0 Å². The standard InChI is InChI=1S/C12H22N2O2/c1-12(5-3-4-10(12)13)11(15)14-8-6-9(7-8)16-2/h8-10H,3-7,13H2,1-2H3,(H,14,15). The Morgan fingerprint density at radius 3 is 2.69 bits per heavy atom. The summed E-state index contributed by atoms with van der Waals surface area (Å²) in [6.07, 6.45) is 5.16. The molecular weight excluding hydrogens is 204 g/mol. The molecule has 1 amide bonds. The molecule has 0 aromatic carbocycles. The van der Waals surface area contributed by atoms with Crippen LogP contribution in [-0.2, 0) is 9.53 Å².